The van der Waals surface area contributed by atoms with Gasteiger partial charge >= 0.3 is 6.18 Å². The smallest absolute Gasteiger partial charge is 0.166 e. The molecule has 0 aliphatic rings. The van der Waals surface area contributed by atoms with Gasteiger partial charge in [-0.15, -0.1) is 11.3 Å². The molecule has 0 amide bonds. The second-order valence-electron chi connectivity index (χ2n) is 3.31. The second-order valence-corrected chi connectivity index (χ2v) is 6.53. The Balaban J connectivity index is 2.36. The Morgan fingerprint density at radius 1 is 1.00 bits per heavy atom. The third-order valence-corrected chi connectivity index (χ3v) is 5.45. The highest BCUT2D eigenvalue weighted by Gasteiger charge is 2.30. The minimum absolute atomic E-state index is 0.629. The highest BCUT2D eigenvalue weighted by atomic mass is 79.9. The summed E-state index contributed by atoms with van der Waals surface area (Å²) in [5.74, 6) is 0. The van der Waals surface area contributed by atoms with Crippen molar-refractivity contribution in [2.24, 2.45) is 0 Å². The molecule has 0 nitrogen and oxygen atoms in total. The average molecular weight is 386 g/mol. The molecule has 0 bridgehead atoms. The van der Waals surface area contributed by atoms with Gasteiger partial charge < -0.3 is 0 Å². The van der Waals surface area contributed by atoms with Gasteiger partial charge in [-0.3, -0.25) is 0 Å². The summed E-state index contributed by atoms with van der Waals surface area (Å²) in [5, 5.41) is 0. The van der Waals surface area contributed by atoms with Gasteiger partial charge in [-0.1, -0.05) is 12.1 Å². The number of rotatable bonds is 1. The second kappa shape index (κ2) is 4.74. The normalized spacial score (nSPS) is 11.8. The molecule has 0 saturated heterocycles. The van der Waals surface area contributed by atoms with Crippen LogP contribution < -0.4 is 0 Å². The van der Waals surface area contributed by atoms with Crippen molar-refractivity contribution >= 4 is 43.2 Å². The summed E-state index contributed by atoms with van der Waals surface area (Å²) < 4.78 is 39.0. The summed E-state index contributed by atoms with van der Waals surface area (Å²) in [7, 11) is 0. The van der Waals surface area contributed by atoms with E-state index in [1.54, 1.807) is 0 Å². The van der Waals surface area contributed by atoms with Crippen LogP contribution in [0.2, 0.25) is 0 Å². The Morgan fingerprint density at radius 2 is 1.59 bits per heavy atom. The Morgan fingerprint density at radius 3 is 2.00 bits per heavy atom. The third kappa shape index (κ3) is 2.92. The van der Waals surface area contributed by atoms with Crippen molar-refractivity contribution in [1.29, 1.82) is 0 Å². The summed E-state index contributed by atoms with van der Waals surface area (Å²) >= 11 is 8.16. The van der Waals surface area contributed by atoms with E-state index in [2.05, 4.69) is 31.9 Å². The first-order chi connectivity index (χ1) is 7.88. The lowest BCUT2D eigenvalue weighted by Gasteiger charge is -2.06. The predicted molar refractivity (Wildman–Crippen MR) is 70.2 cm³/mol. The lowest BCUT2D eigenvalue weighted by Crippen LogP contribution is -2.03. The minimum atomic E-state index is -4.28. The quantitative estimate of drug-likeness (QED) is 0.568. The van der Waals surface area contributed by atoms with E-state index < -0.39 is 11.7 Å². The zero-order valence-corrected chi connectivity index (χ0v) is 12.2. The minimum Gasteiger partial charge on any atom is -0.166 e. The van der Waals surface area contributed by atoms with Crippen LogP contribution in [0.5, 0.6) is 0 Å². The van der Waals surface area contributed by atoms with Gasteiger partial charge in [0.2, 0.25) is 0 Å². The molecule has 1 aromatic carbocycles. The standard InChI is InChI=1S/C11H5Br2F3S/c12-8-5-9(17-10(8)13)6-1-3-7(4-2-6)11(14,15)16/h1-5H. The predicted octanol–water partition coefficient (Wildman–Crippen LogP) is 5.96. The molecule has 1 heterocycles. The molecule has 1 aromatic heterocycles. The van der Waals surface area contributed by atoms with E-state index in [1.165, 1.54) is 23.5 Å². The molecule has 0 aliphatic carbocycles. The van der Waals surface area contributed by atoms with Crippen LogP contribution in [0.15, 0.2) is 38.6 Å². The molecule has 90 valence electrons. The Bertz CT molecular complexity index is 509. The maximum Gasteiger partial charge on any atom is 0.416 e. The highest BCUT2D eigenvalue weighted by Crippen LogP contribution is 2.39. The largest absolute Gasteiger partial charge is 0.416 e. The summed E-state index contributed by atoms with van der Waals surface area (Å²) in [6, 6.07) is 7.02. The number of hydrogen-bond acceptors (Lipinski definition) is 1. The first-order valence-electron chi connectivity index (χ1n) is 4.50. The molecule has 0 N–H and O–H groups in total. The number of thiophene rings is 1. The first kappa shape index (κ1) is 13.1. The van der Waals surface area contributed by atoms with Crippen LogP contribution in [-0.2, 0) is 6.18 Å². The van der Waals surface area contributed by atoms with E-state index in [-0.39, 0.29) is 0 Å². The van der Waals surface area contributed by atoms with Gasteiger partial charge in [-0.05, 0) is 55.6 Å². The van der Waals surface area contributed by atoms with Gasteiger partial charge in [0.15, 0.2) is 0 Å². The topological polar surface area (TPSA) is 0 Å². The molecule has 0 atom stereocenters. The average Bonchev–Trinajstić information content (AvgIpc) is 2.58. The van der Waals surface area contributed by atoms with Crippen LogP contribution in [0.25, 0.3) is 10.4 Å². The van der Waals surface area contributed by atoms with Crippen LogP contribution in [0.4, 0.5) is 13.2 Å². The number of alkyl halides is 3. The zero-order valence-electron chi connectivity index (χ0n) is 8.18. The van der Waals surface area contributed by atoms with E-state index >= 15 is 0 Å². The van der Waals surface area contributed by atoms with E-state index in [1.807, 2.05) is 6.07 Å². The molecule has 0 radical (unpaired) electrons. The van der Waals surface area contributed by atoms with Crippen LogP contribution >= 0.6 is 43.2 Å². The van der Waals surface area contributed by atoms with E-state index in [0.717, 1.165) is 30.8 Å². The maximum absolute atomic E-state index is 12.4. The fraction of sp³-hybridized carbons (Fsp3) is 0.0909. The van der Waals surface area contributed by atoms with Crippen molar-refractivity contribution in [3.63, 3.8) is 0 Å². The number of halogens is 5. The zero-order chi connectivity index (χ0) is 12.6. The van der Waals surface area contributed by atoms with Crippen LogP contribution in [0.3, 0.4) is 0 Å². The molecular weight excluding hydrogens is 381 g/mol. The Labute approximate surface area is 117 Å². The number of hydrogen-bond donors (Lipinski definition) is 0. The summed E-state index contributed by atoms with van der Waals surface area (Å²) in [6.07, 6.45) is -4.28. The summed E-state index contributed by atoms with van der Waals surface area (Å²) in [5.41, 5.74) is 0.144. The first-order valence-corrected chi connectivity index (χ1v) is 6.90. The molecule has 0 unspecified atom stereocenters. The van der Waals surface area contributed by atoms with Gasteiger partial charge in [0.25, 0.3) is 0 Å². The van der Waals surface area contributed by atoms with Crippen LogP contribution in [0, 0.1) is 0 Å². The van der Waals surface area contributed by atoms with Crippen LogP contribution in [-0.4, -0.2) is 0 Å². The summed E-state index contributed by atoms with van der Waals surface area (Å²) in [6.45, 7) is 0. The van der Waals surface area contributed by atoms with Gasteiger partial charge in [0.1, 0.15) is 0 Å². The van der Waals surface area contributed by atoms with E-state index in [9.17, 15) is 13.2 Å². The van der Waals surface area contributed by atoms with Crippen molar-refractivity contribution in [3.8, 4) is 10.4 Å². The fourth-order valence-electron chi connectivity index (χ4n) is 1.31. The molecule has 0 spiro atoms. The van der Waals surface area contributed by atoms with Gasteiger partial charge in [0, 0.05) is 9.35 Å². The highest BCUT2D eigenvalue weighted by molar-refractivity contribution is 9.13. The van der Waals surface area contributed by atoms with Crippen molar-refractivity contribution in [1.82, 2.24) is 0 Å². The molecule has 0 fully saturated rings. The molecule has 0 saturated carbocycles. The van der Waals surface area contributed by atoms with Gasteiger partial charge in [-0.25, -0.2) is 0 Å². The van der Waals surface area contributed by atoms with Crippen molar-refractivity contribution in [2.75, 3.05) is 0 Å². The SMILES string of the molecule is FC(F)(F)c1ccc(-c2cc(Br)c(Br)s2)cc1. The summed E-state index contributed by atoms with van der Waals surface area (Å²) in [4.78, 5) is 0.914. The molecule has 0 aliphatic heterocycles. The fourth-order valence-corrected chi connectivity index (χ4v) is 3.35. The van der Waals surface area contributed by atoms with Gasteiger partial charge in [0.05, 0.1) is 9.35 Å². The van der Waals surface area contributed by atoms with Crippen molar-refractivity contribution in [2.45, 2.75) is 6.18 Å². The molecular formula is C11H5Br2F3S. The maximum atomic E-state index is 12.4. The Kier molecular flexibility index (Phi) is 3.66. The van der Waals surface area contributed by atoms with E-state index in [0.29, 0.717) is 0 Å². The molecule has 17 heavy (non-hydrogen) atoms. The van der Waals surface area contributed by atoms with Crippen molar-refractivity contribution < 1.29 is 13.2 Å². The lowest BCUT2D eigenvalue weighted by molar-refractivity contribution is -0.137. The Hall–Kier alpha value is -0.330. The van der Waals surface area contributed by atoms with Crippen LogP contribution in [0.1, 0.15) is 5.56 Å². The molecule has 6 heteroatoms. The van der Waals surface area contributed by atoms with Crippen molar-refractivity contribution in [3.05, 3.63) is 44.2 Å². The third-order valence-electron chi connectivity index (χ3n) is 2.14. The lowest BCUT2D eigenvalue weighted by atomic mass is 10.1. The number of benzene rings is 1. The van der Waals surface area contributed by atoms with E-state index in [4.69, 9.17) is 0 Å². The molecule has 2 rings (SSSR count). The molecule has 2 aromatic rings. The van der Waals surface area contributed by atoms with Gasteiger partial charge in [-0.2, -0.15) is 13.2 Å². The monoisotopic (exact) mass is 384 g/mol.